The molecule has 0 aliphatic heterocycles. The summed E-state index contributed by atoms with van der Waals surface area (Å²) in [6.07, 6.45) is 35.8. The molecule has 258 valence electrons. The van der Waals surface area contributed by atoms with Crippen molar-refractivity contribution in [2.24, 2.45) is 22.2 Å². The molecule has 0 saturated carbocycles. The summed E-state index contributed by atoms with van der Waals surface area (Å²) in [6, 6.07) is 0. The van der Waals surface area contributed by atoms with Gasteiger partial charge in [-0.2, -0.15) is 0 Å². The minimum atomic E-state index is -0.611. The number of carboxylic acids is 1. The second kappa shape index (κ2) is 25.6. The van der Waals surface area contributed by atoms with Gasteiger partial charge in [0, 0.05) is 6.42 Å². The van der Waals surface area contributed by atoms with E-state index < -0.39 is 5.97 Å². The van der Waals surface area contributed by atoms with Crippen molar-refractivity contribution in [3.05, 3.63) is 0 Å². The first-order valence-corrected chi connectivity index (χ1v) is 20.0. The fourth-order valence-corrected chi connectivity index (χ4v) is 9.49. The Balaban J connectivity index is 7.96. The van der Waals surface area contributed by atoms with Crippen molar-refractivity contribution in [2.75, 3.05) is 0 Å². The Bertz CT molecular complexity index is 602. The third-order valence-electron chi connectivity index (χ3n) is 11.7. The molecule has 0 fully saturated rings. The van der Waals surface area contributed by atoms with Crippen molar-refractivity contribution < 1.29 is 9.90 Å². The van der Waals surface area contributed by atoms with Crippen molar-refractivity contribution in [2.45, 2.75) is 235 Å². The van der Waals surface area contributed by atoms with E-state index in [-0.39, 0.29) is 0 Å². The molecule has 2 heteroatoms. The lowest BCUT2D eigenvalue weighted by Gasteiger charge is -2.66. The van der Waals surface area contributed by atoms with Crippen LogP contribution in [0, 0.1) is 22.2 Å². The molecule has 0 aromatic heterocycles. The van der Waals surface area contributed by atoms with Crippen molar-refractivity contribution in [3.63, 3.8) is 0 Å². The minimum absolute atomic E-state index is 0.296. The average molecular weight is 607 g/mol. The lowest BCUT2D eigenvalue weighted by molar-refractivity contribution is -0.166. The first-order chi connectivity index (χ1) is 20.8. The van der Waals surface area contributed by atoms with E-state index in [0.29, 0.717) is 22.7 Å². The topological polar surface area (TPSA) is 37.3 Å². The summed E-state index contributed by atoms with van der Waals surface area (Å²) in [6.45, 7) is 19.3. The number of hydrogen-bond donors (Lipinski definition) is 1. The first kappa shape index (κ1) is 42.5. The molecule has 0 amide bonds. The maximum atomic E-state index is 11.7. The largest absolute Gasteiger partial charge is 0.481 e. The van der Waals surface area contributed by atoms with Crippen LogP contribution in [-0.4, -0.2) is 11.1 Å². The van der Waals surface area contributed by atoms with Crippen LogP contribution in [0.4, 0.5) is 0 Å². The maximum absolute atomic E-state index is 11.7. The van der Waals surface area contributed by atoms with Gasteiger partial charge in [-0.05, 0) is 86.4 Å². The summed E-state index contributed by atoms with van der Waals surface area (Å²) in [7, 11) is 0. The predicted octanol–water partition coefficient (Wildman–Crippen LogP) is 14.7. The molecule has 0 rings (SSSR count). The fraction of sp³-hybridized carbons (Fsp3) is 0.976. The lowest BCUT2D eigenvalue weighted by Crippen LogP contribution is -2.57. The molecule has 1 unspecified atom stereocenters. The molecule has 0 aliphatic carbocycles. The van der Waals surface area contributed by atoms with Crippen LogP contribution in [0.25, 0.3) is 0 Å². The third kappa shape index (κ3) is 13.4. The maximum Gasteiger partial charge on any atom is 0.303 e. The molecule has 0 aliphatic rings. The number of unbranched alkanes of at least 4 members (excludes halogenated alkanes) is 9. The van der Waals surface area contributed by atoms with Gasteiger partial charge in [0.1, 0.15) is 0 Å². The van der Waals surface area contributed by atoms with Gasteiger partial charge in [-0.3, -0.25) is 4.79 Å². The number of hydrogen-bond acceptors (Lipinski definition) is 1. The van der Waals surface area contributed by atoms with Crippen LogP contribution in [0.5, 0.6) is 0 Å². The van der Waals surface area contributed by atoms with Crippen LogP contribution < -0.4 is 0 Å². The summed E-state index contributed by atoms with van der Waals surface area (Å²) < 4.78 is 0. The van der Waals surface area contributed by atoms with E-state index in [4.69, 9.17) is 0 Å². The van der Waals surface area contributed by atoms with Crippen LogP contribution in [-0.2, 0) is 4.79 Å². The molecule has 0 spiro atoms. The summed E-state index contributed by atoms with van der Waals surface area (Å²) in [5.74, 6) is 0.187. The zero-order valence-corrected chi connectivity index (χ0v) is 31.2. The zero-order chi connectivity index (χ0) is 32.5. The van der Waals surface area contributed by atoms with E-state index in [1.807, 2.05) is 0 Å². The van der Waals surface area contributed by atoms with Gasteiger partial charge in [0.15, 0.2) is 0 Å². The van der Waals surface area contributed by atoms with E-state index in [1.165, 1.54) is 161 Å². The van der Waals surface area contributed by atoms with E-state index in [2.05, 4.69) is 55.4 Å². The highest BCUT2D eigenvalue weighted by molar-refractivity contribution is 5.66. The van der Waals surface area contributed by atoms with Gasteiger partial charge in [-0.15, -0.1) is 0 Å². The Morgan fingerprint density at radius 1 is 0.465 bits per heavy atom. The number of rotatable bonds is 32. The zero-order valence-electron chi connectivity index (χ0n) is 31.2. The molecule has 0 radical (unpaired) electrons. The van der Waals surface area contributed by atoms with Gasteiger partial charge in [0.05, 0.1) is 0 Å². The highest BCUT2D eigenvalue weighted by Gasteiger charge is 2.61. The molecule has 0 aromatic rings. The number of carboxylic acid groups (broad SMARTS) is 1. The fourth-order valence-electron chi connectivity index (χ4n) is 9.49. The second-order valence-corrected chi connectivity index (χ2v) is 14.7. The van der Waals surface area contributed by atoms with Crippen LogP contribution in [0.2, 0.25) is 0 Å². The molecule has 0 heterocycles. The summed E-state index contributed by atoms with van der Waals surface area (Å²) in [5.41, 5.74) is 1.02. The molecule has 1 atom stereocenters. The molecule has 2 nitrogen and oxygen atoms in total. The van der Waals surface area contributed by atoms with Crippen LogP contribution >= 0.6 is 0 Å². The Morgan fingerprint density at radius 3 is 1.19 bits per heavy atom. The summed E-state index contributed by atoms with van der Waals surface area (Å²) in [5, 5.41) is 9.67. The molecular weight excluding hydrogens is 524 g/mol. The quantitative estimate of drug-likeness (QED) is 0.0773. The highest BCUT2D eigenvalue weighted by Crippen LogP contribution is 2.70. The predicted molar refractivity (Wildman–Crippen MR) is 193 cm³/mol. The van der Waals surface area contributed by atoms with E-state index in [9.17, 15) is 9.90 Å². The van der Waals surface area contributed by atoms with Crippen LogP contribution in [0.1, 0.15) is 235 Å². The highest BCUT2D eigenvalue weighted by atomic mass is 16.4. The van der Waals surface area contributed by atoms with Gasteiger partial charge < -0.3 is 5.11 Å². The van der Waals surface area contributed by atoms with E-state index in [0.717, 1.165) is 18.8 Å². The van der Waals surface area contributed by atoms with Crippen molar-refractivity contribution >= 4 is 5.97 Å². The minimum Gasteiger partial charge on any atom is -0.481 e. The molecular formula is C41H82O2. The molecule has 0 bridgehead atoms. The third-order valence-corrected chi connectivity index (χ3v) is 11.7. The number of aliphatic carboxylic acids is 1. The Kier molecular flexibility index (Phi) is 25.3. The van der Waals surface area contributed by atoms with Crippen LogP contribution in [0.3, 0.4) is 0 Å². The standard InChI is InChI=1S/C41H82O2/c1-9-17-27-37(28-18-10-2)40(33-22-14-6,34-23-15-7)41(35-24-16-8,36-26-25-29-38(42)43)39(30-19-11-3,31-20-12-4)32-21-13-5/h37H,9-36H2,1-8H3,(H,42,43). The van der Waals surface area contributed by atoms with Crippen molar-refractivity contribution in [1.82, 2.24) is 0 Å². The number of carbonyl (C=O) groups is 1. The Morgan fingerprint density at radius 2 is 0.814 bits per heavy atom. The molecule has 0 aromatic carbocycles. The Hall–Kier alpha value is -0.530. The monoisotopic (exact) mass is 607 g/mol. The SMILES string of the molecule is CCCCC(CCCC)C(CCCC)(CCCC)C(CCCC)(CCCCC(=O)O)C(CCCC)(CCCC)CCCC. The lowest BCUT2D eigenvalue weighted by atomic mass is 9.39. The summed E-state index contributed by atoms with van der Waals surface area (Å²) >= 11 is 0. The van der Waals surface area contributed by atoms with Gasteiger partial charge in [0.2, 0.25) is 0 Å². The summed E-state index contributed by atoms with van der Waals surface area (Å²) in [4.78, 5) is 11.7. The van der Waals surface area contributed by atoms with E-state index >= 15 is 0 Å². The van der Waals surface area contributed by atoms with Gasteiger partial charge in [-0.25, -0.2) is 0 Å². The van der Waals surface area contributed by atoms with Gasteiger partial charge >= 0.3 is 5.97 Å². The van der Waals surface area contributed by atoms with Crippen LogP contribution in [0.15, 0.2) is 0 Å². The molecule has 0 saturated heterocycles. The molecule has 1 N–H and O–H groups in total. The normalized spacial score (nSPS) is 14.0. The molecule has 43 heavy (non-hydrogen) atoms. The van der Waals surface area contributed by atoms with Gasteiger partial charge in [0.25, 0.3) is 0 Å². The van der Waals surface area contributed by atoms with Crippen molar-refractivity contribution in [1.29, 1.82) is 0 Å². The van der Waals surface area contributed by atoms with Crippen molar-refractivity contribution in [3.8, 4) is 0 Å². The van der Waals surface area contributed by atoms with E-state index in [1.54, 1.807) is 0 Å². The average Bonchev–Trinajstić information content (AvgIpc) is 3.01. The Labute approximate surface area is 272 Å². The first-order valence-electron chi connectivity index (χ1n) is 20.0. The smallest absolute Gasteiger partial charge is 0.303 e. The van der Waals surface area contributed by atoms with Gasteiger partial charge in [-0.1, -0.05) is 165 Å². The second-order valence-electron chi connectivity index (χ2n) is 14.7.